The van der Waals surface area contributed by atoms with Gasteiger partial charge in [-0.1, -0.05) is 71.7 Å². The molecular formula is C25H23Cl2N5O5S. The lowest BCUT2D eigenvalue weighted by atomic mass is 10.0. The number of aliphatic carboxylic acids is 1. The molecule has 4 rings (SSSR count). The maximum absolute atomic E-state index is 12.9. The van der Waals surface area contributed by atoms with Crippen LogP contribution in [-0.2, 0) is 39.0 Å². The van der Waals surface area contributed by atoms with Crippen LogP contribution in [0.5, 0.6) is 0 Å². The van der Waals surface area contributed by atoms with Gasteiger partial charge in [-0.3, -0.25) is 9.59 Å². The van der Waals surface area contributed by atoms with Gasteiger partial charge < -0.3 is 5.11 Å². The predicted molar refractivity (Wildman–Crippen MR) is 143 cm³/mol. The average Bonchev–Trinajstić information content (AvgIpc) is 3.31. The van der Waals surface area contributed by atoms with Crippen molar-refractivity contribution in [2.24, 2.45) is 0 Å². The number of carboxylic acids is 1. The first-order valence-electron chi connectivity index (χ1n) is 11.5. The predicted octanol–water partition coefficient (Wildman–Crippen LogP) is 3.30. The molecule has 0 aliphatic heterocycles. The topological polar surface area (TPSA) is 144 Å². The lowest BCUT2D eigenvalue weighted by molar-refractivity contribution is -0.139. The molecule has 2 N–H and O–H groups in total. The van der Waals surface area contributed by atoms with Crippen LogP contribution in [0.2, 0.25) is 10.0 Å². The van der Waals surface area contributed by atoms with Gasteiger partial charge in [0.05, 0.1) is 18.2 Å². The Morgan fingerprint density at radius 2 is 1.68 bits per heavy atom. The van der Waals surface area contributed by atoms with Crippen LogP contribution < -0.4 is 4.72 Å². The molecule has 0 saturated heterocycles. The van der Waals surface area contributed by atoms with Gasteiger partial charge in [-0.15, -0.1) is 10.2 Å². The van der Waals surface area contributed by atoms with Gasteiger partial charge in [-0.2, -0.15) is 4.80 Å². The monoisotopic (exact) mass is 575 g/mol. The number of hydrogen-bond donors (Lipinski definition) is 2. The van der Waals surface area contributed by atoms with Gasteiger partial charge >= 0.3 is 5.97 Å². The summed E-state index contributed by atoms with van der Waals surface area (Å²) in [4.78, 5) is 25.3. The van der Waals surface area contributed by atoms with Crippen LogP contribution in [0.1, 0.15) is 23.4 Å². The van der Waals surface area contributed by atoms with E-state index in [-0.39, 0.29) is 24.4 Å². The fraction of sp³-hybridized carbons (Fsp3) is 0.240. The van der Waals surface area contributed by atoms with Crippen LogP contribution >= 0.6 is 23.2 Å². The zero-order valence-electron chi connectivity index (χ0n) is 19.9. The second kappa shape index (κ2) is 12.0. The number of halogens is 2. The third kappa shape index (κ3) is 7.13. The van der Waals surface area contributed by atoms with Crippen LogP contribution in [0.3, 0.4) is 0 Å². The summed E-state index contributed by atoms with van der Waals surface area (Å²) in [6.07, 6.45) is -0.390. The molecule has 0 fully saturated rings. The standard InChI is InChI=1S/C25H23Cl2N5O5S/c26-20-9-4-10-21(27)19(20)13-24-28-31-32(29-24)15-23(33)22(14-25(34)35)30-38(36,37)12-11-17-7-3-6-16-5-1-2-8-18(16)17/h1-10,22,30H,11-15H2,(H,34,35). The number of sulfonamides is 1. The fourth-order valence-corrected chi connectivity index (χ4v) is 5.74. The summed E-state index contributed by atoms with van der Waals surface area (Å²) in [7, 11) is -4.00. The summed E-state index contributed by atoms with van der Waals surface area (Å²) in [6.45, 7) is -0.479. The van der Waals surface area contributed by atoms with E-state index in [0.29, 0.717) is 15.6 Å². The number of Topliss-reactive ketones (excluding diaryl/α,β-unsaturated/α-hetero) is 1. The van der Waals surface area contributed by atoms with Crippen LogP contribution in [0.25, 0.3) is 10.8 Å². The Morgan fingerprint density at radius 1 is 1.00 bits per heavy atom. The molecule has 1 heterocycles. The molecule has 198 valence electrons. The molecular weight excluding hydrogens is 553 g/mol. The van der Waals surface area contributed by atoms with Gasteiger partial charge in [0.1, 0.15) is 6.54 Å². The van der Waals surface area contributed by atoms with E-state index in [2.05, 4.69) is 20.1 Å². The van der Waals surface area contributed by atoms with Gasteiger partial charge in [0.15, 0.2) is 11.6 Å². The third-order valence-corrected chi connectivity index (χ3v) is 7.89. The summed E-state index contributed by atoms with van der Waals surface area (Å²) in [5, 5.41) is 23.9. The van der Waals surface area contributed by atoms with Crippen LogP contribution in [0.15, 0.2) is 60.7 Å². The molecule has 0 amide bonds. The molecule has 0 aliphatic rings. The number of rotatable bonds is 12. The third-order valence-electron chi connectivity index (χ3n) is 5.80. The molecule has 4 aromatic rings. The highest BCUT2D eigenvalue weighted by Gasteiger charge is 2.28. The van der Waals surface area contributed by atoms with E-state index < -0.39 is 40.8 Å². The first kappa shape index (κ1) is 27.6. The fourth-order valence-electron chi connectivity index (χ4n) is 3.95. The van der Waals surface area contributed by atoms with Gasteiger partial charge in [0.25, 0.3) is 0 Å². The molecule has 13 heteroatoms. The van der Waals surface area contributed by atoms with E-state index >= 15 is 0 Å². The number of aryl methyl sites for hydroxylation is 1. The highest BCUT2D eigenvalue weighted by atomic mass is 35.5. The van der Waals surface area contributed by atoms with Crippen molar-refractivity contribution in [3.8, 4) is 0 Å². The Bertz CT molecular complexity index is 1570. The summed E-state index contributed by atoms with van der Waals surface area (Å²) in [5.41, 5.74) is 1.41. The number of nitrogens with zero attached hydrogens (tertiary/aromatic N) is 4. The minimum atomic E-state index is -4.00. The number of nitrogens with one attached hydrogen (secondary N) is 1. The van der Waals surface area contributed by atoms with Crippen molar-refractivity contribution >= 4 is 55.8 Å². The van der Waals surface area contributed by atoms with E-state index in [1.165, 1.54) is 0 Å². The maximum Gasteiger partial charge on any atom is 0.305 e. The second-order valence-corrected chi connectivity index (χ2v) is 11.2. The van der Waals surface area contributed by atoms with Crippen molar-refractivity contribution in [2.75, 3.05) is 5.75 Å². The number of ketones is 1. The smallest absolute Gasteiger partial charge is 0.305 e. The van der Waals surface area contributed by atoms with Crippen molar-refractivity contribution in [2.45, 2.75) is 31.8 Å². The highest BCUT2D eigenvalue weighted by molar-refractivity contribution is 7.89. The van der Waals surface area contributed by atoms with Gasteiger partial charge in [-0.05, 0) is 45.7 Å². The molecule has 0 aliphatic carbocycles. The zero-order valence-corrected chi connectivity index (χ0v) is 22.2. The van der Waals surface area contributed by atoms with E-state index in [9.17, 15) is 23.1 Å². The molecule has 1 unspecified atom stereocenters. The molecule has 0 radical (unpaired) electrons. The van der Waals surface area contributed by atoms with Crippen LogP contribution in [0, 0.1) is 0 Å². The number of carboxylic acid groups (broad SMARTS) is 1. The minimum absolute atomic E-state index is 0.159. The van der Waals surface area contributed by atoms with Crippen molar-refractivity contribution in [1.29, 1.82) is 0 Å². The number of hydrogen-bond acceptors (Lipinski definition) is 7. The highest BCUT2D eigenvalue weighted by Crippen LogP contribution is 2.25. The summed E-state index contributed by atoms with van der Waals surface area (Å²) in [5.74, 6) is -2.14. The van der Waals surface area contributed by atoms with E-state index in [0.717, 1.165) is 21.1 Å². The van der Waals surface area contributed by atoms with Crippen LogP contribution in [0.4, 0.5) is 0 Å². The molecule has 38 heavy (non-hydrogen) atoms. The zero-order chi connectivity index (χ0) is 27.3. The average molecular weight is 576 g/mol. The van der Waals surface area contributed by atoms with E-state index in [4.69, 9.17) is 23.2 Å². The lowest BCUT2D eigenvalue weighted by Gasteiger charge is -2.16. The summed E-state index contributed by atoms with van der Waals surface area (Å²) in [6, 6.07) is 16.7. The van der Waals surface area contributed by atoms with Crippen LogP contribution in [-0.4, -0.2) is 57.3 Å². The Labute approximate surface area is 228 Å². The Kier molecular flexibility index (Phi) is 8.72. The van der Waals surface area contributed by atoms with Crippen molar-refractivity contribution in [3.05, 3.63) is 87.7 Å². The van der Waals surface area contributed by atoms with E-state index in [1.54, 1.807) is 18.2 Å². The SMILES string of the molecule is O=C(O)CC(NS(=O)(=O)CCc1cccc2ccccc12)C(=O)Cn1nnc(Cc2c(Cl)cccc2Cl)n1. The molecule has 0 bridgehead atoms. The first-order chi connectivity index (χ1) is 18.1. The normalized spacial score (nSPS) is 12.5. The first-order valence-corrected chi connectivity index (χ1v) is 13.9. The largest absolute Gasteiger partial charge is 0.481 e. The lowest BCUT2D eigenvalue weighted by Crippen LogP contribution is -2.45. The molecule has 0 saturated carbocycles. The Balaban J connectivity index is 1.42. The van der Waals surface area contributed by atoms with E-state index in [1.807, 2.05) is 42.5 Å². The quantitative estimate of drug-likeness (QED) is 0.262. The molecule has 1 aromatic heterocycles. The van der Waals surface area contributed by atoms with Crippen molar-refractivity contribution in [3.63, 3.8) is 0 Å². The molecule has 0 spiro atoms. The maximum atomic E-state index is 12.9. The minimum Gasteiger partial charge on any atom is -0.481 e. The number of tetrazole rings is 1. The number of aromatic nitrogens is 4. The number of carbonyl (C=O) groups excluding carboxylic acids is 1. The number of benzene rings is 3. The Hall–Kier alpha value is -3.38. The van der Waals surface area contributed by atoms with Gasteiger partial charge in [-0.25, -0.2) is 13.1 Å². The van der Waals surface area contributed by atoms with Gasteiger partial charge in [0, 0.05) is 16.5 Å². The summed E-state index contributed by atoms with van der Waals surface area (Å²) >= 11 is 12.3. The number of carbonyl (C=O) groups is 2. The molecule has 10 nitrogen and oxygen atoms in total. The Morgan fingerprint density at radius 3 is 2.42 bits per heavy atom. The van der Waals surface area contributed by atoms with Crippen molar-refractivity contribution in [1.82, 2.24) is 24.9 Å². The molecule has 1 atom stereocenters. The molecule has 3 aromatic carbocycles. The number of fused-ring (bicyclic) bond motifs is 1. The summed E-state index contributed by atoms with van der Waals surface area (Å²) < 4.78 is 27.9. The van der Waals surface area contributed by atoms with Crippen molar-refractivity contribution < 1.29 is 23.1 Å². The second-order valence-electron chi connectivity index (χ2n) is 8.55. The van der Waals surface area contributed by atoms with Gasteiger partial charge in [0.2, 0.25) is 10.0 Å².